The minimum Gasteiger partial charge on any atom is -0.368 e. The molecule has 0 saturated carbocycles. The number of primary amides is 1. The number of benzene rings is 2. The molecule has 0 bridgehead atoms. The predicted octanol–water partition coefficient (Wildman–Crippen LogP) is 2.72. The molecule has 2 aromatic carbocycles. The second kappa shape index (κ2) is 11.0. The lowest BCUT2D eigenvalue weighted by molar-refractivity contribution is -0.167. The second-order valence-electron chi connectivity index (χ2n) is 7.37. The Kier molecular flexibility index (Phi) is 8.89. The maximum Gasteiger partial charge on any atom is 0.450 e. The predicted molar refractivity (Wildman–Crippen MR) is 122 cm³/mol. The number of anilines is 1. The quantitative estimate of drug-likeness (QED) is 0.471. The van der Waals surface area contributed by atoms with E-state index in [0.717, 1.165) is 28.3 Å². The van der Waals surface area contributed by atoms with Gasteiger partial charge in [0.1, 0.15) is 11.8 Å². The molecule has 2 N–H and O–H groups in total. The highest BCUT2D eigenvalue weighted by atomic mass is 32.2. The van der Waals surface area contributed by atoms with E-state index >= 15 is 0 Å². The zero-order valence-electron chi connectivity index (χ0n) is 17.7. The number of hydrogen-bond donors (Lipinski definition) is 1. The first-order valence-electron chi connectivity index (χ1n) is 9.76. The third-order valence-corrected chi connectivity index (χ3v) is 6.45. The standard InChI is InChI=1S/C21H23F3N2O5S2/c1-33(30,31)13-19(28)26(16-9-4-7-14-6-2-3-8-15(14)16)17(20(25)29)10-5-11-32-12-18(27)21(22,23)24/h2-4,6-9,17H,5,10-13H2,1H3,(H2,25,29)/t17-/m0/s1. The maximum absolute atomic E-state index is 13.0. The fourth-order valence-electron chi connectivity index (χ4n) is 3.21. The summed E-state index contributed by atoms with van der Waals surface area (Å²) >= 11 is 0.749. The van der Waals surface area contributed by atoms with Gasteiger partial charge in [-0.1, -0.05) is 36.4 Å². The van der Waals surface area contributed by atoms with Gasteiger partial charge in [-0.2, -0.15) is 24.9 Å². The molecule has 0 unspecified atom stereocenters. The Hall–Kier alpha value is -2.60. The second-order valence-corrected chi connectivity index (χ2v) is 10.6. The lowest BCUT2D eigenvalue weighted by Crippen LogP contribution is -2.50. The van der Waals surface area contributed by atoms with Crippen molar-refractivity contribution in [3.63, 3.8) is 0 Å². The first-order chi connectivity index (χ1) is 15.3. The molecule has 2 aromatic rings. The number of nitrogens with two attached hydrogens (primary N) is 1. The third-order valence-electron chi connectivity index (χ3n) is 4.64. The maximum atomic E-state index is 13.0. The first kappa shape index (κ1) is 26.7. The fourth-order valence-corrected chi connectivity index (χ4v) is 4.66. The van der Waals surface area contributed by atoms with E-state index in [9.17, 15) is 36.0 Å². The molecule has 33 heavy (non-hydrogen) atoms. The van der Waals surface area contributed by atoms with Crippen molar-refractivity contribution < 1.29 is 36.0 Å². The Bertz CT molecular complexity index is 1130. The summed E-state index contributed by atoms with van der Waals surface area (Å²) in [7, 11) is -3.73. The number of halogens is 3. The van der Waals surface area contributed by atoms with E-state index in [-0.39, 0.29) is 18.6 Å². The highest BCUT2D eigenvalue weighted by Crippen LogP contribution is 2.30. The highest BCUT2D eigenvalue weighted by Gasteiger charge is 2.37. The Balaban J connectivity index is 2.30. The van der Waals surface area contributed by atoms with Crippen LogP contribution in [0.25, 0.3) is 10.8 Å². The molecule has 0 aromatic heterocycles. The molecule has 7 nitrogen and oxygen atoms in total. The summed E-state index contributed by atoms with van der Waals surface area (Å²) in [4.78, 5) is 37.3. The molecule has 0 aliphatic carbocycles. The molecule has 2 amide bonds. The number of thioether (sulfide) groups is 1. The Morgan fingerprint density at radius 1 is 1.09 bits per heavy atom. The van der Waals surface area contributed by atoms with Gasteiger partial charge in [0, 0.05) is 11.6 Å². The number of alkyl halides is 3. The average Bonchev–Trinajstić information content (AvgIpc) is 2.70. The van der Waals surface area contributed by atoms with Gasteiger partial charge in [0.05, 0.1) is 11.4 Å². The summed E-state index contributed by atoms with van der Waals surface area (Å²) in [6.45, 7) is 0. The number of fused-ring (bicyclic) bond motifs is 1. The number of amides is 2. The van der Waals surface area contributed by atoms with Crippen LogP contribution in [0.4, 0.5) is 18.9 Å². The van der Waals surface area contributed by atoms with Gasteiger partial charge < -0.3 is 5.73 Å². The van der Waals surface area contributed by atoms with Crippen LogP contribution < -0.4 is 10.6 Å². The van der Waals surface area contributed by atoms with Crippen molar-refractivity contribution in [2.75, 3.05) is 28.4 Å². The van der Waals surface area contributed by atoms with Crippen LogP contribution in [0.1, 0.15) is 12.8 Å². The van der Waals surface area contributed by atoms with Gasteiger partial charge in [-0.25, -0.2) is 8.42 Å². The van der Waals surface area contributed by atoms with E-state index in [2.05, 4.69) is 0 Å². The lowest BCUT2D eigenvalue weighted by Gasteiger charge is -2.31. The fraction of sp³-hybridized carbons (Fsp3) is 0.381. The number of rotatable bonds is 11. The van der Waals surface area contributed by atoms with Gasteiger partial charge in [-0.05, 0) is 30.0 Å². The number of sulfone groups is 1. The largest absolute Gasteiger partial charge is 0.450 e. The van der Waals surface area contributed by atoms with Crippen molar-refractivity contribution in [3.8, 4) is 0 Å². The number of carbonyl (C=O) groups excluding carboxylic acids is 3. The van der Waals surface area contributed by atoms with Crippen LogP contribution in [-0.4, -0.2) is 61.7 Å². The monoisotopic (exact) mass is 504 g/mol. The van der Waals surface area contributed by atoms with Crippen LogP contribution >= 0.6 is 11.8 Å². The van der Waals surface area contributed by atoms with Gasteiger partial charge in [0.15, 0.2) is 9.84 Å². The SMILES string of the molecule is CS(=O)(=O)CC(=O)N(c1cccc2ccccc12)[C@@H](CCCSCC(=O)C(F)(F)F)C(N)=O. The molecule has 0 heterocycles. The number of ketones is 1. The first-order valence-corrected chi connectivity index (χ1v) is 13.0. The van der Waals surface area contributed by atoms with Crippen molar-refractivity contribution in [2.24, 2.45) is 5.73 Å². The van der Waals surface area contributed by atoms with Gasteiger partial charge in [0.25, 0.3) is 0 Å². The van der Waals surface area contributed by atoms with Gasteiger partial charge in [0.2, 0.25) is 17.6 Å². The van der Waals surface area contributed by atoms with E-state index in [1.54, 1.807) is 42.5 Å². The van der Waals surface area contributed by atoms with E-state index < -0.39 is 51.2 Å². The Morgan fingerprint density at radius 3 is 2.33 bits per heavy atom. The smallest absolute Gasteiger partial charge is 0.368 e. The zero-order chi connectivity index (χ0) is 24.8. The van der Waals surface area contributed by atoms with Crippen molar-refractivity contribution in [3.05, 3.63) is 42.5 Å². The van der Waals surface area contributed by atoms with E-state index in [0.29, 0.717) is 11.1 Å². The van der Waals surface area contributed by atoms with E-state index in [1.807, 2.05) is 0 Å². The molecule has 0 fully saturated rings. The number of carbonyl (C=O) groups is 3. The summed E-state index contributed by atoms with van der Waals surface area (Å²) in [6, 6.07) is 10.8. The zero-order valence-corrected chi connectivity index (χ0v) is 19.3. The Labute approximate surface area is 193 Å². The summed E-state index contributed by atoms with van der Waals surface area (Å²) in [5.41, 5.74) is 5.85. The number of Topliss-reactive ketones (excluding diaryl/α,β-unsaturated/α-hetero) is 1. The van der Waals surface area contributed by atoms with Gasteiger partial charge in [-0.3, -0.25) is 19.3 Å². The molecule has 180 valence electrons. The summed E-state index contributed by atoms with van der Waals surface area (Å²) in [5, 5.41) is 1.34. The molecule has 2 rings (SSSR count). The normalized spacial score (nSPS) is 13.0. The molecular formula is C21H23F3N2O5S2. The molecule has 0 saturated heterocycles. The minimum absolute atomic E-state index is 0.0265. The number of hydrogen-bond acceptors (Lipinski definition) is 6. The van der Waals surface area contributed by atoms with Crippen LogP contribution in [0.3, 0.4) is 0 Å². The summed E-state index contributed by atoms with van der Waals surface area (Å²) in [5.74, 6) is -5.10. The molecule has 12 heteroatoms. The number of nitrogens with zero attached hydrogens (tertiary/aromatic N) is 1. The molecule has 0 aliphatic heterocycles. The van der Waals surface area contributed by atoms with Gasteiger partial charge >= 0.3 is 6.18 Å². The van der Waals surface area contributed by atoms with Crippen molar-refractivity contribution >= 4 is 55.7 Å². The van der Waals surface area contributed by atoms with Crippen molar-refractivity contribution in [1.29, 1.82) is 0 Å². The van der Waals surface area contributed by atoms with Gasteiger partial charge in [-0.15, -0.1) is 0 Å². The minimum atomic E-state index is -4.91. The third kappa shape index (κ3) is 7.74. The van der Waals surface area contributed by atoms with Crippen LogP contribution in [0.5, 0.6) is 0 Å². The van der Waals surface area contributed by atoms with Crippen LogP contribution in [0, 0.1) is 0 Å². The molecule has 1 atom stereocenters. The molecule has 0 aliphatic rings. The van der Waals surface area contributed by atoms with Crippen LogP contribution in [-0.2, 0) is 24.2 Å². The molecular weight excluding hydrogens is 481 g/mol. The molecule has 0 spiro atoms. The lowest BCUT2D eigenvalue weighted by atomic mass is 10.0. The van der Waals surface area contributed by atoms with E-state index in [4.69, 9.17) is 5.73 Å². The average molecular weight is 505 g/mol. The molecule has 0 radical (unpaired) electrons. The summed E-state index contributed by atoms with van der Waals surface area (Å²) < 4.78 is 60.5. The summed E-state index contributed by atoms with van der Waals surface area (Å²) in [6.07, 6.45) is -3.89. The Morgan fingerprint density at radius 2 is 1.73 bits per heavy atom. The van der Waals surface area contributed by atoms with Crippen LogP contribution in [0.2, 0.25) is 0 Å². The van der Waals surface area contributed by atoms with Crippen molar-refractivity contribution in [1.82, 2.24) is 0 Å². The van der Waals surface area contributed by atoms with E-state index in [1.165, 1.54) is 0 Å². The van der Waals surface area contributed by atoms with Crippen LogP contribution in [0.15, 0.2) is 42.5 Å². The highest BCUT2D eigenvalue weighted by molar-refractivity contribution is 7.99. The van der Waals surface area contributed by atoms with Crippen molar-refractivity contribution in [2.45, 2.75) is 25.1 Å². The topological polar surface area (TPSA) is 115 Å².